The maximum atomic E-state index is 13.2. The smallest absolute Gasteiger partial charge is 0.254 e. The molecule has 1 fully saturated rings. The van der Waals surface area contributed by atoms with Crippen molar-refractivity contribution in [2.75, 3.05) is 52.6 Å². The average Bonchev–Trinajstić information content (AvgIpc) is 3.06. The minimum Gasteiger partial charge on any atom is -0.490 e. The fraction of sp³-hybridized carbons (Fsp3) is 0.235. The van der Waals surface area contributed by atoms with E-state index >= 15 is 0 Å². The van der Waals surface area contributed by atoms with Crippen molar-refractivity contribution in [3.05, 3.63) is 120 Å². The summed E-state index contributed by atoms with van der Waals surface area (Å²) in [6.45, 7) is 3.33. The molecule has 0 bridgehead atoms. The summed E-state index contributed by atoms with van der Waals surface area (Å²) in [5.41, 5.74) is 1.11. The highest BCUT2D eigenvalue weighted by Gasteiger charge is 2.26. The highest BCUT2D eigenvalue weighted by atomic mass is 16.5. The number of amides is 2. The molecule has 0 aliphatic carbocycles. The molecule has 5 rings (SSSR count). The van der Waals surface area contributed by atoms with Crippen LogP contribution in [-0.4, -0.2) is 74.2 Å². The van der Waals surface area contributed by atoms with E-state index in [4.69, 9.17) is 18.9 Å². The quantitative estimate of drug-likeness (QED) is 0.220. The number of ether oxygens (including phenoxy) is 4. The van der Waals surface area contributed by atoms with Gasteiger partial charge in [-0.2, -0.15) is 0 Å². The van der Waals surface area contributed by atoms with E-state index < -0.39 is 0 Å². The third-order valence-electron chi connectivity index (χ3n) is 6.74. The summed E-state index contributed by atoms with van der Waals surface area (Å²) in [6.07, 6.45) is 0. The Kier molecular flexibility index (Phi) is 9.92. The van der Waals surface area contributed by atoms with Gasteiger partial charge in [-0.15, -0.1) is 0 Å². The first kappa shape index (κ1) is 28.5. The Hall–Kier alpha value is -4.98. The van der Waals surface area contributed by atoms with Crippen LogP contribution < -0.4 is 18.9 Å². The van der Waals surface area contributed by atoms with Crippen LogP contribution in [-0.2, 0) is 0 Å². The molecule has 1 aliphatic heterocycles. The standard InChI is InChI=1S/C34H34N2O6/c37-33(27-9-7-15-31(25-27)41-23-21-39-29-11-3-1-4-12-29)35-17-19-36(20-18-35)34(38)28-10-8-16-32(26-28)42-24-22-40-30-13-5-2-6-14-30/h1-16,25-26H,17-24H2. The van der Waals surface area contributed by atoms with Crippen molar-refractivity contribution >= 4 is 11.8 Å². The van der Waals surface area contributed by atoms with Crippen molar-refractivity contribution in [1.82, 2.24) is 9.80 Å². The van der Waals surface area contributed by atoms with Crippen LogP contribution in [0, 0.1) is 0 Å². The minimum atomic E-state index is -0.0822. The van der Waals surface area contributed by atoms with Gasteiger partial charge in [0.15, 0.2) is 0 Å². The Morgan fingerprint density at radius 2 is 0.786 bits per heavy atom. The lowest BCUT2D eigenvalue weighted by molar-refractivity contribution is 0.0535. The number of hydrogen-bond donors (Lipinski definition) is 0. The van der Waals surface area contributed by atoms with Crippen molar-refractivity contribution in [2.24, 2.45) is 0 Å². The first-order chi connectivity index (χ1) is 20.7. The fourth-order valence-electron chi connectivity index (χ4n) is 4.59. The van der Waals surface area contributed by atoms with Crippen LogP contribution in [0.15, 0.2) is 109 Å². The molecular formula is C34H34N2O6. The molecule has 1 saturated heterocycles. The number of carbonyl (C=O) groups is 2. The number of hydrogen-bond acceptors (Lipinski definition) is 6. The van der Waals surface area contributed by atoms with Crippen molar-refractivity contribution in [2.45, 2.75) is 0 Å². The molecule has 0 atom stereocenters. The zero-order valence-electron chi connectivity index (χ0n) is 23.4. The van der Waals surface area contributed by atoms with E-state index in [0.29, 0.717) is 75.2 Å². The highest BCUT2D eigenvalue weighted by molar-refractivity contribution is 5.96. The Morgan fingerprint density at radius 3 is 1.17 bits per heavy atom. The maximum Gasteiger partial charge on any atom is 0.254 e. The molecule has 4 aromatic rings. The Balaban J connectivity index is 1.06. The molecule has 8 nitrogen and oxygen atoms in total. The van der Waals surface area contributed by atoms with Crippen molar-refractivity contribution < 1.29 is 28.5 Å². The third kappa shape index (κ3) is 8.04. The van der Waals surface area contributed by atoms with Crippen molar-refractivity contribution in [3.63, 3.8) is 0 Å². The summed E-state index contributed by atoms with van der Waals surface area (Å²) in [5, 5.41) is 0. The van der Waals surface area contributed by atoms with Crippen molar-refractivity contribution in [1.29, 1.82) is 0 Å². The van der Waals surface area contributed by atoms with E-state index in [0.717, 1.165) is 11.5 Å². The van der Waals surface area contributed by atoms with E-state index in [1.807, 2.05) is 84.9 Å². The zero-order valence-corrected chi connectivity index (χ0v) is 23.4. The lowest BCUT2D eigenvalue weighted by Crippen LogP contribution is -2.50. The van der Waals surface area contributed by atoms with Crippen LogP contribution in [0.25, 0.3) is 0 Å². The van der Waals surface area contributed by atoms with Crippen molar-refractivity contribution in [3.8, 4) is 23.0 Å². The van der Waals surface area contributed by atoms with Gasteiger partial charge < -0.3 is 28.7 Å². The summed E-state index contributed by atoms with van der Waals surface area (Å²) in [5.74, 6) is 2.63. The highest BCUT2D eigenvalue weighted by Crippen LogP contribution is 2.19. The van der Waals surface area contributed by atoms with E-state index in [-0.39, 0.29) is 11.8 Å². The van der Waals surface area contributed by atoms with E-state index in [2.05, 4.69) is 0 Å². The molecule has 0 unspecified atom stereocenters. The summed E-state index contributed by atoms with van der Waals surface area (Å²) < 4.78 is 22.9. The lowest BCUT2D eigenvalue weighted by atomic mass is 10.1. The van der Waals surface area contributed by atoms with Gasteiger partial charge in [-0.3, -0.25) is 9.59 Å². The Labute approximate surface area is 246 Å². The molecule has 0 spiro atoms. The molecule has 0 radical (unpaired) electrons. The van der Waals surface area contributed by atoms with Gasteiger partial charge in [0.2, 0.25) is 0 Å². The van der Waals surface area contributed by atoms with Crippen LogP contribution in [0.1, 0.15) is 20.7 Å². The molecule has 42 heavy (non-hydrogen) atoms. The Bertz CT molecular complexity index is 1330. The van der Waals surface area contributed by atoms with Crippen LogP contribution in [0.3, 0.4) is 0 Å². The molecule has 1 aliphatic rings. The average molecular weight is 567 g/mol. The number of piperazine rings is 1. The normalized spacial score (nSPS) is 12.9. The van der Waals surface area contributed by atoms with E-state index in [1.165, 1.54) is 0 Å². The van der Waals surface area contributed by atoms with Crippen LogP contribution in [0.2, 0.25) is 0 Å². The van der Waals surface area contributed by atoms with Gasteiger partial charge in [-0.25, -0.2) is 0 Å². The molecule has 216 valence electrons. The maximum absolute atomic E-state index is 13.2. The largest absolute Gasteiger partial charge is 0.490 e. The molecule has 0 saturated carbocycles. The van der Waals surface area contributed by atoms with Gasteiger partial charge in [-0.1, -0.05) is 48.5 Å². The van der Waals surface area contributed by atoms with Gasteiger partial charge in [0.05, 0.1) is 0 Å². The molecule has 0 aromatic heterocycles. The summed E-state index contributed by atoms with van der Waals surface area (Å²) in [6, 6.07) is 33.4. The molecule has 4 aromatic carbocycles. The second-order valence-electron chi connectivity index (χ2n) is 9.66. The van der Waals surface area contributed by atoms with E-state index in [9.17, 15) is 9.59 Å². The van der Waals surface area contributed by atoms with Gasteiger partial charge >= 0.3 is 0 Å². The molecule has 0 N–H and O–H groups in total. The number of para-hydroxylation sites is 2. The van der Waals surface area contributed by atoms with E-state index in [1.54, 1.807) is 34.1 Å². The molecular weight excluding hydrogens is 532 g/mol. The molecule has 2 amide bonds. The monoisotopic (exact) mass is 566 g/mol. The van der Waals surface area contributed by atoms with Crippen LogP contribution in [0.4, 0.5) is 0 Å². The second-order valence-corrected chi connectivity index (χ2v) is 9.66. The third-order valence-corrected chi connectivity index (χ3v) is 6.74. The number of carbonyl (C=O) groups excluding carboxylic acids is 2. The fourth-order valence-corrected chi connectivity index (χ4v) is 4.59. The van der Waals surface area contributed by atoms with Crippen LogP contribution >= 0.6 is 0 Å². The second kappa shape index (κ2) is 14.6. The lowest BCUT2D eigenvalue weighted by Gasteiger charge is -2.35. The van der Waals surface area contributed by atoms with Crippen LogP contribution in [0.5, 0.6) is 23.0 Å². The summed E-state index contributed by atoms with van der Waals surface area (Å²) >= 11 is 0. The predicted octanol–water partition coefficient (Wildman–Crippen LogP) is 5.20. The van der Waals surface area contributed by atoms with Gasteiger partial charge in [0.1, 0.15) is 49.4 Å². The first-order valence-electron chi connectivity index (χ1n) is 14.1. The SMILES string of the molecule is O=C(c1cccc(OCCOc2ccccc2)c1)N1CCN(C(=O)c2cccc(OCCOc3ccccc3)c2)CC1. The topological polar surface area (TPSA) is 77.5 Å². The van der Waals surface area contributed by atoms with Gasteiger partial charge in [0.25, 0.3) is 11.8 Å². The minimum absolute atomic E-state index is 0.0822. The molecule has 8 heteroatoms. The van der Waals surface area contributed by atoms with Gasteiger partial charge in [0, 0.05) is 37.3 Å². The molecule has 1 heterocycles. The van der Waals surface area contributed by atoms with Gasteiger partial charge in [-0.05, 0) is 60.7 Å². The number of benzene rings is 4. The predicted molar refractivity (Wildman–Crippen MR) is 160 cm³/mol. The first-order valence-corrected chi connectivity index (χ1v) is 14.1. The number of nitrogens with zero attached hydrogens (tertiary/aromatic N) is 2. The zero-order chi connectivity index (χ0) is 29.0. The summed E-state index contributed by atoms with van der Waals surface area (Å²) in [4.78, 5) is 29.9. The Morgan fingerprint density at radius 1 is 0.452 bits per heavy atom. The summed E-state index contributed by atoms with van der Waals surface area (Å²) in [7, 11) is 0. The number of rotatable bonds is 12.